The fourth-order valence-electron chi connectivity index (χ4n) is 2.99. The van der Waals surface area contributed by atoms with Gasteiger partial charge in [0, 0.05) is 17.6 Å². The molecule has 162 valence electrons. The van der Waals surface area contributed by atoms with Crippen LogP contribution in [-0.2, 0) is 5.41 Å². The van der Waals surface area contributed by atoms with Crippen molar-refractivity contribution in [1.29, 1.82) is 0 Å². The van der Waals surface area contributed by atoms with Crippen LogP contribution in [0.3, 0.4) is 0 Å². The van der Waals surface area contributed by atoms with Crippen LogP contribution < -0.4 is 16.0 Å². The van der Waals surface area contributed by atoms with E-state index in [4.69, 9.17) is 4.42 Å². The van der Waals surface area contributed by atoms with Crippen molar-refractivity contribution < 1.29 is 22.8 Å². The molecule has 0 saturated carbocycles. The van der Waals surface area contributed by atoms with E-state index in [9.17, 15) is 18.4 Å². The van der Waals surface area contributed by atoms with Crippen molar-refractivity contribution in [2.24, 2.45) is 0 Å². The molecule has 0 saturated heterocycles. The molecule has 31 heavy (non-hydrogen) atoms. The van der Waals surface area contributed by atoms with Crippen molar-refractivity contribution in [3.63, 3.8) is 0 Å². The SMILES string of the molecule is Cc1occc1C(=O)Nc1cc(NC(=O)NCC(C)(C)c2ccc(F)cc2)ccc1F. The summed E-state index contributed by atoms with van der Waals surface area (Å²) >= 11 is 0. The number of carbonyl (C=O) groups is 2. The Balaban J connectivity index is 1.62. The van der Waals surface area contributed by atoms with E-state index >= 15 is 0 Å². The molecule has 1 heterocycles. The zero-order valence-electron chi connectivity index (χ0n) is 17.4. The van der Waals surface area contributed by atoms with Crippen molar-refractivity contribution in [2.75, 3.05) is 17.2 Å². The van der Waals surface area contributed by atoms with Crippen LogP contribution in [0.4, 0.5) is 25.0 Å². The van der Waals surface area contributed by atoms with Gasteiger partial charge in [-0.2, -0.15) is 0 Å². The molecule has 0 aliphatic carbocycles. The molecule has 1 aromatic heterocycles. The van der Waals surface area contributed by atoms with Crippen LogP contribution in [0, 0.1) is 18.6 Å². The van der Waals surface area contributed by atoms with Gasteiger partial charge >= 0.3 is 6.03 Å². The summed E-state index contributed by atoms with van der Waals surface area (Å²) in [6.45, 7) is 5.75. The number of amides is 3. The number of urea groups is 1. The minimum Gasteiger partial charge on any atom is -0.469 e. The normalized spacial score (nSPS) is 11.1. The second kappa shape index (κ2) is 8.99. The largest absolute Gasteiger partial charge is 0.469 e. The van der Waals surface area contributed by atoms with E-state index < -0.39 is 23.2 Å². The summed E-state index contributed by atoms with van der Waals surface area (Å²) in [5.41, 5.74) is 0.955. The Kier molecular flexibility index (Phi) is 6.39. The molecule has 0 unspecified atom stereocenters. The smallest absolute Gasteiger partial charge is 0.319 e. The molecule has 0 spiro atoms. The summed E-state index contributed by atoms with van der Waals surface area (Å²) in [4.78, 5) is 24.6. The zero-order valence-corrected chi connectivity index (χ0v) is 17.4. The zero-order chi connectivity index (χ0) is 22.6. The van der Waals surface area contributed by atoms with Crippen LogP contribution in [-0.4, -0.2) is 18.5 Å². The topological polar surface area (TPSA) is 83.4 Å². The maximum atomic E-state index is 14.1. The van der Waals surface area contributed by atoms with Gasteiger partial charge in [0.1, 0.15) is 17.4 Å². The van der Waals surface area contributed by atoms with Crippen molar-refractivity contribution >= 4 is 23.3 Å². The highest BCUT2D eigenvalue weighted by atomic mass is 19.1. The molecule has 0 atom stereocenters. The molecule has 6 nitrogen and oxygen atoms in total. The Morgan fingerprint density at radius 3 is 2.35 bits per heavy atom. The number of halogens is 2. The molecule has 0 aliphatic rings. The fourth-order valence-corrected chi connectivity index (χ4v) is 2.99. The standard InChI is InChI=1S/C23H23F2N3O3/c1-14-18(10-11-31-14)21(29)28-20-12-17(8-9-19(20)25)27-22(30)26-13-23(2,3)15-4-6-16(24)7-5-15/h4-12H,13H2,1-3H3,(H,28,29)(H2,26,27,30). The monoisotopic (exact) mass is 427 g/mol. The predicted octanol–water partition coefficient (Wildman–Crippen LogP) is 5.22. The highest BCUT2D eigenvalue weighted by Gasteiger charge is 2.21. The van der Waals surface area contributed by atoms with E-state index in [0.29, 0.717) is 17.0 Å². The van der Waals surface area contributed by atoms with Gasteiger partial charge in [0.05, 0.1) is 17.5 Å². The third-order valence-electron chi connectivity index (χ3n) is 4.89. The third kappa shape index (κ3) is 5.48. The first-order chi connectivity index (χ1) is 14.7. The van der Waals surface area contributed by atoms with Gasteiger partial charge in [-0.25, -0.2) is 13.6 Å². The quantitative estimate of drug-likeness (QED) is 0.504. The average molecular weight is 427 g/mol. The molecular formula is C23H23F2N3O3. The molecule has 3 N–H and O–H groups in total. The van der Waals surface area contributed by atoms with E-state index in [-0.39, 0.29) is 18.0 Å². The lowest BCUT2D eigenvalue weighted by Gasteiger charge is -2.25. The van der Waals surface area contributed by atoms with Gasteiger partial charge in [0.2, 0.25) is 0 Å². The van der Waals surface area contributed by atoms with Crippen LogP contribution in [0.15, 0.2) is 59.2 Å². The molecule has 3 rings (SSSR count). The fraction of sp³-hybridized carbons (Fsp3) is 0.217. The van der Waals surface area contributed by atoms with Crippen LogP contribution >= 0.6 is 0 Å². The second-order valence-electron chi connectivity index (χ2n) is 7.74. The van der Waals surface area contributed by atoms with Crippen molar-refractivity contribution in [3.05, 3.63) is 83.3 Å². The predicted molar refractivity (Wildman–Crippen MR) is 114 cm³/mol. The first-order valence-corrected chi connectivity index (χ1v) is 9.61. The lowest BCUT2D eigenvalue weighted by molar-refractivity contribution is 0.102. The van der Waals surface area contributed by atoms with E-state index in [0.717, 1.165) is 11.6 Å². The first kappa shape index (κ1) is 22.0. The van der Waals surface area contributed by atoms with Gasteiger partial charge in [-0.1, -0.05) is 26.0 Å². The molecule has 8 heteroatoms. The summed E-state index contributed by atoms with van der Waals surface area (Å²) < 4.78 is 32.4. The summed E-state index contributed by atoms with van der Waals surface area (Å²) in [5.74, 6) is -1.08. The molecule has 0 fully saturated rings. The minimum absolute atomic E-state index is 0.0740. The molecule has 3 amide bonds. The molecule has 0 radical (unpaired) electrons. The van der Waals surface area contributed by atoms with Gasteiger partial charge < -0.3 is 20.4 Å². The Morgan fingerprint density at radius 1 is 1.00 bits per heavy atom. The summed E-state index contributed by atoms with van der Waals surface area (Å²) in [6.07, 6.45) is 1.37. The lowest BCUT2D eigenvalue weighted by Crippen LogP contribution is -2.39. The second-order valence-corrected chi connectivity index (χ2v) is 7.74. The van der Waals surface area contributed by atoms with Gasteiger partial charge in [-0.15, -0.1) is 0 Å². The maximum Gasteiger partial charge on any atom is 0.319 e. The molecule has 2 aromatic carbocycles. The van der Waals surface area contributed by atoms with E-state index in [1.54, 1.807) is 19.1 Å². The van der Waals surface area contributed by atoms with Crippen molar-refractivity contribution in [1.82, 2.24) is 5.32 Å². The Bertz CT molecular complexity index is 1090. The number of aryl methyl sites for hydroxylation is 1. The van der Waals surface area contributed by atoms with Crippen molar-refractivity contribution in [3.8, 4) is 0 Å². The lowest BCUT2D eigenvalue weighted by atomic mass is 9.84. The Hall–Kier alpha value is -3.68. The van der Waals surface area contributed by atoms with E-state index in [1.165, 1.54) is 36.6 Å². The van der Waals surface area contributed by atoms with E-state index in [1.807, 2.05) is 13.8 Å². The van der Waals surface area contributed by atoms with Crippen LogP contribution in [0.25, 0.3) is 0 Å². The van der Waals surface area contributed by atoms with Gasteiger partial charge in [0.15, 0.2) is 0 Å². The van der Waals surface area contributed by atoms with Crippen LogP contribution in [0.5, 0.6) is 0 Å². The number of benzene rings is 2. The Labute approximate surface area is 178 Å². The Morgan fingerprint density at radius 2 is 1.71 bits per heavy atom. The number of carbonyl (C=O) groups excluding carboxylic acids is 2. The molecular weight excluding hydrogens is 404 g/mol. The molecule has 0 aliphatic heterocycles. The van der Waals surface area contributed by atoms with Gasteiger partial charge in [0.25, 0.3) is 5.91 Å². The summed E-state index contributed by atoms with van der Waals surface area (Å²) in [7, 11) is 0. The third-order valence-corrected chi connectivity index (χ3v) is 4.89. The molecule has 3 aromatic rings. The average Bonchev–Trinajstić information content (AvgIpc) is 3.15. The summed E-state index contributed by atoms with van der Waals surface area (Å²) in [6, 6.07) is 10.9. The van der Waals surface area contributed by atoms with E-state index in [2.05, 4.69) is 16.0 Å². The number of rotatable bonds is 6. The number of furan rings is 1. The first-order valence-electron chi connectivity index (χ1n) is 9.61. The van der Waals surface area contributed by atoms with Crippen LogP contribution in [0.2, 0.25) is 0 Å². The van der Waals surface area contributed by atoms with Crippen LogP contribution in [0.1, 0.15) is 35.5 Å². The summed E-state index contributed by atoms with van der Waals surface area (Å²) in [5, 5.41) is 7.84. The molecule has 0 bridgehead atoms. The maximum absolute atomic E-state index is 14.1. The van der Waals surface area contributed by atoms with Gasteiger partial charge in [-0.05, 0) is 48.9 Å². The highest BCUT2D eigenvalue weighted by molar-refractivity contribution is 6.05. The van der Waals surface area contributed by atoms with Crippen molar-refractivity contribution in [2.45, 2.75) is 26.2 Å². The number of nitrogens with one attached hydrogen (secondary N) is 3. The highest BCUT2D eigenvalue weighted by Crippen LogP contribution is 2.23. The minimum atomic E-state index is -0.641. The number of hydrogen-bond donors (Lipinski definition) is 3. The number of anilines is 2. The van der Waals surface area contributed by atoms with Gasteiger partial charge in [-0.3, -0.25) is 4.79 Å². The number of hydrogen-bond acceptors (Lipinski definition) is 3.